The average molecular weight is 413 g/mol. The van der Waals surface area contributed by atoms with Crippen LogP contribution in [0.3, 0.4) is 0 Å². The minimum absolute atomic E-state index is 0.145. The first kappa shape index (κ1) is 20.5. The summed E-state index contributed by atoms with van der Waals surface area (Å²) in [6.07, 6.45) is 14.1. The van der Waals surface area contributed by atoms with Crippen molar-refractivity contribution in [1.29, 1.82) is 0 Å². The Labute approximate surface area is 178 Å². The average Bonchev–Trinajstić information content (AvgIpc) is 3.05. The number of methoxy groups -OCH3 is 1. The number of hydrogen-bond donors (Lipinski definition) is 0. The van der Waals surface area contributed by atoms with E-state index in [4.69, 9.17) is 9.73 Å². The van der Waals surface area contributed by atoms with Gasteiger partial charge >= 0.3 is 0 Å². The predicted molar refractivity (Wildman–Crippen MR) is 121 cm³/mol. The van der Waals surface area contributed by atoms with Crippen molar-refractivity contribution < 1.29 is 9.53 Å². The SMILES string of the molecule is COc1ccc(C=C2SC(=NC3CCCCC3)N(C3CCCCC3)C2=O)c(C)c1. The summed E-state index contributed by atoms with van der Waals surface area (Å²) >= 11 is 1.58. The lowest BCUT2D eigenvalue weighted by Crippen LogP contribution is -2.41. The van der Waals surface area contributed by atoms with Gasteiger partial charge in [0.1, 0.15) is 5.75 Å². The molecule has 3 aliphatic rings. The quantitative estimate of drug-likeness (QED) is 0.575. The van der Waals surface area contributed by atoms with E-state index in [0.717, 1.165) is 52.6 Å². The van der Waals surface area contributed by atoms with Crippen molar-refractivity contribution in [2.24, 2.45) is 4.99 Å². The highest BCUT2D eigenvalue weighted by Gasteiger charge is 2.39. The minimum atomic E-state index is 0.145. The fourth-order valence-electron chi connectivity index (χ4n) is 4.68. The Morgan fingerprint density at radius 3 is 2.41 bits per heavy atom. The summed E-state index contributed by atoms with van der Waals surface area (Å²) < 4.78 is 5.32. The van der Waals surface area contributed by atoms with Crippen LogP contribution in [0.15, 0.2) is 28.1 Å². The molecule has 0 unspecified atom stereocenters. The number of nitrogens with zero attached hydrogens (tertiary/aromatic N) is 2. The van der Waals surface area contributed by atoms with Crippen molar-refractivity contribution in [2.45, 2.75) is 83.2 Å². The first-order chi connectivity index (χ1) is 14.2. The molecule has 1 saturated heterocycles. The number of hydrogen-bond acceptors (Lipinski definition) is 4. The fraction of sp³-hybridized carbons (Fsp3) is 0.583. The lowest BCUT2D eigenvalue weighted by Gasteiger charge is -2.31. The van der Waals surface area contributed by atoms with Gasteiger partial charge in [0, 0.05) is 6.04 Å². The zero-order valence-corrected chi connectivity index (χ0v) is 18.5. The molecule has 0 atom stereocenters. The molecule has 1 aromatic rings. The van der Waals surface area contributed by atoms with Crippen LogP contribution in [0.2, 0.25) is 0 Å². The Balaban J connectivity index is 1.63. The second kappa shape index (κ2) is 9.38. The Bertz CT molecular complexity index is 805. The molecule has 2 aliphatic carbocycles. The van der Waals surface area contributed by atoms with E-state index in [9.17, 15) is 4.79 Å². The van der Waals surface area contributed by atoms with E-state index in [-0.39, 0.29) is 5.91 Å². The summed E-state index contributed by atoms with van der Waals surface area (Å²) in [5.74, 6) is 0.991. The molecule has 156 valence electrons. The van der Waals surface area contributed by atoms with E-state index >= 15 is 0 Å². The number of thioether (sulfide) groups is 1. The van der Waals surface area contributed by atoms with E-state index in [1.807, 2.05) is 29.2 Å². The lowest BCUT2D eigenvalue weighted by atomic mass is 9.94. The van der Waals surface area contributed by atoms with Gasteiger partial charge in [-0.25, -0.2) is 0 Å². The maximum Gasteiger partial charge on any atom is 0.266 e. The van der Waals surface area contributed by atoms with Crippen LogP contribution in [0.1, 0.15) is 75.3 Å². The maximum absolute atomic E-state index is 13.4. The summed E-state index contributed by atoms with van der Waals surface area (Å²) in [6.45, 7) is 2.06. The third-order valence-corrected chi connectivity index (χ3v) is 7.41. The van der Waals surface area contributed by atoms with Crippen LogP contribution in [0, 0.1) is 6.92 Å². The van der Waals surface area contributed by atoms with Crippen LogP contribution in [-0.2, 0) is 4.79 Å². The molecule has 1 aliphatic heterocycles. The topological polar surface area (TPSA) is 41.9 Å². The molecule has 4 nitrogen and oxygen atoms in total. The van der Waals surface area contributed by atoms with Gasteiger partial charge in [0.05, 0.1) is 18.1 Å². The van der Waals surface area contributed by atoms with Crippen molar-refractivity contribution in [1.82, 2.24) is 4.90 Å². The zero-order chi connectivity index (χ0) is 20.2. The number of amidine groups is 1. The smallest absolute Gasteiger partial charge is 0.266 e. The molecule has 0 aromatic heterocycles. The van der Waals surface area contributed by atoms with Crippen LogP contribution in [-0.4, -0.2) is 35.2 Å². The highest BCUT2D eigenvalue weighted by molar-refractivity contribution is 8.18. The van der Waals surface area contributed by atoms with Crippen molar-refractivity contribution in [3.63, 3.8) is 0 Å². The zero-order valence-electron chi connectivity index (χ0n) is 17.7. The Kier molecular flexibility index (Phi) is 6.63. The molecule has 0 N–H and O–H groups in total. The van der Waals surface area contributed by atoms with Crippen LogP contribution in [0.4, 0.5) is 0 Å². The number of carbonyl (C=O) groups is 1. The van der Waals surface area contributed by atoms with Gasteiger partial charge in [-0.15, -0.1) is 0 Å². The van der Waals surface area contributed by atoms with Gasteiger partial charge in [0.25, 0.3) is 5.91 Å². The van der Waals surface area contributed by atoms with E-state index in [1.54, 1.807) is 18.9 Å². The Morgan fingerprint density at radius 1 is 1.07 bits per heavy atom. The molecular formula is C24H32N2O2S. The number of aliphatic imine (C=N–C) groups is 1. The highest BCUT2D eigenvalue weighted by atomic mass is 32.2. The number of ether oxygens (including phenoxy) is 1. The molecule has 0 radical (unpaired) electrons. The van der Waals surface area contributed by atoms with Crippen LogP contribution in [0.25, 0.3) is 6.08 Å². The van der Waals surface area contributed by atoms with Gasteiger partial charge in [-0.3, -0.25) is 14.7 Å². The molecule has 0 bridgehead atoms. The molecule has 4 rings (SSSR count). The van der Waals surface area contributed by atoms with Crippen LogP contribution < -0.4 is 4.74 Å². The lowest BCUT2D eigenvalue weighted by molar-refractivity contribution is -0.124. The summed E-state index contributed by atoms with van der Waals surface area (Å²) in [4.78, 5) is 21.4. The summed E-state index contributed by atoms with van der Waals surface area (Å²) in [7, 11) is 1.68. The first-order valence-electron chi connectivity index (χ1n) is 11.1. The first-order valence-corrected chi connectivity index (χ1v) is 11.9. The molecule has 1 heterocycles. The van der Waals surface area contributed by atoms with Gasteiger partial charge in [0.2, 0.25) is 0 Å². The molecule has 5 heteroatoms. The van der Waals surface area contributed by atoms with E-state index in [1.165, 1.54) is 38.5 Å². The highest BCUT2D eigenvalue weighted by Crippen LogP contribution is 2.38. The Hall–Kier alpha value is -1.75. The van der Waals surface area contributed by atoms with Gasteiger partial charge in [-0.1, -0.05) is 44.6 Å². The molecule has 29 heavy (non-hydrogen) atoms. The van der Waals surface area contributed by atoms with Crippen molar-refractivity contribution >= 4 is 28.9 Å². The molecule has 3 fully saturated rings. The fourth-order valence-corrected chi connectivity index (χ4v) is 5.78. The van der Waals surface area contributed by atoms with Gasteiger partial charge in [0.15, 0.2) is 5.17 Å². The number of amides is 1. The van der Waals surface area contributed by atoms with Crippen LogP contribution in [0.5, 0.6) is 5.75 Å². The second-order valence-electron chi connectivity index (χ2n) is 8.50. The van der Waals surface area contributed by atoms with E-state index in [2.05, 4.69) is 6.92 Å². The molecule has 1 aromatic carbocycles. The molecule has 2 saturated carbocycles. The van der Waals surface area contributed by atoms with Crippen molar-refractivity contribution in [3.8, 4) is 5.75 Å². The van der Waals surface area contributed by atoms with E-state index in [0.29, 0.717) is 12.1 Å². The number of aryl methyl sites for hydroxylation is 1. The Morgan fingerprint density at radius 2 is 1.76 bits per heavy atom. The summed E-state index contributed by atoms with van der Waals surface area (Å²) in [5, 5.41) is 0.950. The van der Waals surface area contributed by atoms with Crippen molar-refractivity contribution in [3.05, 3.63) is 34.2 Å². The number of rotatable bonds is 4. The van der Waals surface area contributed by atoms with Gasteiger partial charge in [-0.05, 0) is 73.7 Å². The number of benzene rings is 1. The monoisotopic (exact) mass is 412 g/mol. The van der Waals surface area contributed by atoms with Crippen molar-refractivity contribution in [2.75, 3.05) is 7.11 Å². The normalized spacial score (nSPS) is 24.6. The second-order valence-corrected chi connectivity index (χ2v) is 9.51. The largest absolute Gasteiger partial charge is 0.497 e. The third-order valence-electron chi connectivity index (χ3n) is 6.41. The maximum atomic E-state index is 13.4. The van der Waals surface area contributed by atoms with Gasteiger partial charge < -0.3 is 4.74 Å². The van der Waals surface area contributed by atoms with E-state index < -0.39 is 0 Å². The molecular weight excluding hydrogens is 380 g/mol. The molecule has 0 spiro atoms. The van der Waals surface area contributed by atoms with Gasteiger partial charge in [-0.2, -0.15) is 0 Å². The molecule has 1 amide bonds. The summed E-state index contributed by atoms with van der Waals surface area (Å²) in [5.41, 5.74) is 2.19. The minimum Gasteiger partial charge on any atom is -0.497 e. The third kappa shape index (κ3) is 4.71. The summed E-state index contributed by atoms with van der Waals surface area (Å²) in [6, 6.07) is 6.71. The number of carbonyl (C=O) groups excluding carboxylic acids is 1. The standard InChI is InChI=1S/C24H32N2O2S/c1-17-15-21(28-2)14-13-18(17)16-22-23(27)26(20-11-7-4-8-12-20)24(29-22)25-19-9-5-3-6-10-19/h13-16,19-20H,3-12H2,1-2H3. The predicted octanol–water partition coefficient (Wildman–Crippen LogP) is 5.94. The van der Waals surface area contributed by atoms with Crippen LogP contribution >= 0.6 is 11.8 Å².